The maximum absolute atomic E-state index is 11.6. The molecule has 2 rings (SSSR count). The van der Waals surface area contributed by atoms with Gasteiger partial charge in [-0.05, 0) is 12.8 Å². The van der Waals surface area contributed by atoms with Gasteiger partial charge in [0.05, 0.1) is 18.1 Å². The molecule has 9 nitrogen and oxygen atoms in total. The van der Waals surface area contributed by atoms with Gasteiger partial charge in [-0.25, -0.2) is 13.2 Å². The van der Waals surface area contributed by atoms with E-state index in [1.807, 2.05) is 0 Å². The minimum absolute atomic E-state index is 0. The van der Waals surface area contributed by atoms with Crippen molar-refractivity contribution in [3.05, 3.63) is 0 Å². The largest absolute Gasteiger partial charge is 1.00 e. The molecule has 19 heavy (non-hydrogen) atoms. The number of carbonyl (C=O) groups excluding carboxylic acids is 2. The van der Waals surface area contributed by atoms with Crippen LogP contribution in [0.5, 0.6) is 0 Å². The Morgan fingerprint density at radius 3 is 2.37 bits per heavy atom. The van der Waals surface area contributed by atoms with Gasteiger partial charge in [-0.3, -0.25) is 0 Å². The van der Waals surface area contributed by atoms with Gasteiger partial charge in [-0.2, -0.15) is 9.35 Å². The second-order valence-corrected chi connectivity index (χ2v) is 4.78. The van der Waals surface area contributed by atoms with Crippen LogP contribution in [0.2, 0.25) is 0 Å². The van der Waals surface area contributed by atoms with Crippen LogP contribution in [0.25, 0.3) is 0 Å². The number of carbonyl (C=O) groups is 2. The predicted octanol–water partition coefficient (Wildman–Crippen LogP) is -8.60. The van der Waals surface area contributed by atoms with Gasteiger partial charge in [0.1, 0.15) is 0 Å². The summed E-state index contributed by atoms with van der Waals surface area (Å²) in [6.07, 6.45) is 0.369. The number of hydrogen-bond acceptors (Lipinski definition) is 7. The van der Waals surface area contributed by atoms with Crippen molar-refractivity contribution in [3.63, 3.8) is 0 Å². The summed E-state index contributed by atoms with van der Waals surface area (Å²) in [5, 5.41) is 11.2. The van der Waals surface area contributed by atoms with Crippen LogP contribution in [-0.2, 0) is 19.5 Å². The topological polar surface area (TPSA) is 130 Å². The molecule has 0 spiro atoms. The molecule has 0 N–H and O–H groups in total. The standard InChI is InChI=1S/C7H10N2O7S.2Na/c10-6(11)5-2-1-4-3-8(5)7(12)9(4)16-17(13,14)15;;/h4-5H,1-3H2,(H,10,11)(H,13,14,15);;/q;2*+1/p-2/t4-,5+;;/m1../s1. The first kappa shape index (κ1) is 19.6. The third kappa shape index (κ3) is 4.29. The van der Waals surface area contributed by atoms with Crippen LogP contribution >= 0.6 is 0 Å². The maximum Gasteiger partial charge on any atom is 1.00 e. The molecule has 0 saturated carbocycles. The molecule has 2 saturated heterocycles. The zero-order valence-electron chi connectivity index (χ0n) is 10.4. The molecular weight excluding hydrogens is 302 g/mol. The Balaban J connectivity index is 0.00000162. The Bertz CT molecular complexity index is 470. The Hall–Kier alpha value is 0.610. The fraction of sp³-hybridized carbons (Fsp3) is 0.714. The van der Waals surface area contributed by atoms with E-state index in [2.05, 4.69) is 4.28 Å². The quantitative estimate of drug-likeness (QED) is 0.287. The van der Waals surface area contributed by atoms with Crippen LogP contribution in [0.1, 0.15) is 12.8 Å². The van der Waals surface area contributed by atoms with Crippen molar-refractivity contribution in [2.24, 2.45) is 0 Å². The summed E-state index contributed by atoms with van der Waals surface area (Å²) in [5.74, 6) is -1.41. The molecular formula is C7H8N2Na2O7S. The molecule has 2 atom stereocenters. The molecule has 12 heteroatoms. The Labute approximate surface area is 153 Å². The molecule has 0 radical (unpaired) electrons. The van der Waals surface area contributed by atoms with Crippen LogP contribution < -0.4 is 64.2 Å². The molecule has 2 aliphatic heterocycles. The minimum Gasteiger partial charge on any atom is -0.724 e. The number of hydroxylamine groups is 2. The van der Waals surface area contributed by atoms with E-state index in [4.69, 9.17) is 0 Å². The first-order valence-corrected chi connectivity index (χ1v) is 6.09. The fourth-order valence-corrected chi connectivity index (χ4v) is 2.46. The van der Waals surface area contributed by atoms with E-state index in [-0.39, 0.29) is 78.5 Å². The van der Waals surface area contributed by atoms with E-state index in [0.29, 0.717) is 5.06 Å². The number of rotatable bonds is 3. The predicted molar refractivity (Wildman–Crippen MR) is 46.5 cm³/mol. The number of amides is 2. The second-order valence-electron chi connectivity index (χ2n) is 3.81. The molecule has 2 fully saturated rings. The van der Waals surface area contributed by atoms with Gasteiger partial charge in [0.2, 0.25) is 10.4 Å². The molecule has 0 aromatic rings. The number of carboxylic acid groups (broad SMARTS) is 1. The van der Waals surface area contributed by atoms with Crippen LogP contribution in [0.3, 0.4) is 0 Å². The third-order valence-electron chi connectivity index (χ3n) is 2.77. The summed E-state index contributed by atoms with van der Waals surface area (Å²) in [7, 11) is -5.05. The molecule has 0 aromatic carbocycles. The molecule has 2 amide bonds. The Morgan fingerprint density at radius 1 is 1.32 bits per heavy atom. The zero-order chi connectivity index (χ0) is 12.8. The van der Waals surface area contributed by atoms with Gasteiger partial charge >= 0.3 is 65.1 Å². The molecule has 0 unspecified atom stereocenters. The van der Waals surface area contributed by atoms with Crippen molar-refractivity contribution in [2.45, 2.75) is 24.9 Å². The summed E-state index contributed by atoms with van der Waals surface area (Å²) in [5.41, 5.74) is 0. The molecule has 2 heterocycles. The minimum atomic E-state index is -5.05. The normalized spacial score (nSPS) is 25.6. The van der Waals surface area contributed by atoms with E-state index in [9.17, 15) is 27.7 Å². The van der Waals surface area contributed by atoms with Crippen molar-refractivity contribution in [3.8, 4) is 0 Å². The number of urea groups is 1. The number of carboxylic acids is 1. The third-order valence-corrected chi connectivity index (χ3v) is 3.11. The van der Waals surface area contributed by atoms with Gasteiger partial charge in [0.15, 0.2) is 0 Å². The number of aliphatic carboxylic acids is 1. The zero-order valence-corrected chi connectivity index (χ0v) is 15.3. The SMILES string of the molecule is O=C([O-])[C@@H]1CC[C@@H]2CN1C(=O)N2OS(=O)(=O)[O-].[Na+].[Na+]. The molecule has 2 bridgehead atoms. The summed E-state index contributed by atoms with van der Waals surface area (Å²) in [6, 6.07) is -2.68. The number of hydrogen-bond donors (Lipinski definition) is 0. The molecule has 2 aliphatic rings. The summed E-state index contributed by atoms with van der Waals surface area (Å²) >= 11 is 0. The number of nitrogens with zero attached hydrogens (tertiary/aromatic N) is 2. The van der Waals surface area contributed by atoms with Crippen LogP contribution in [0, 0.1) is 0 Å². The van der Waals surface area contributed by atoms with Crippen molar-refractivity contribution < 1.29 is 91.1 Å². The van der Waals surface area contributed by atoms with Crippen molar-refractivity contribution in [1.82, 2.24) is 9.96 Å². The second kappa shape index (κ2) is 7.05. The molecule has 96 valence electrons. The van der Waals surface area contributed by atoms with E-state index < -0.39 is 34.5 Å². The van der Waals surface area contributed by atoms with Gasteiger partial charge in [-0.15, -0.1) is 0 Å². The molecule has 0 aromatic heterocycles. The van der Waals surface area contributed by atoms with Crippen LogP contribution in [-0.4, -0.2) is 53.6 Å². The summed E-state index contributed by atoms with van der Waals surface area (Å²) in [4.78, 5) is 23.3. The number of piperidine rings is 1. The average Bonchev–Trinajstić information content (AvgIpc) is 2.42. The first-order chi connectivity index (χ1) is 7.79. The van der Waals surface area contributed by atoms with Gasteiger partial charge < -0.3 is 19.4 Å². The van der Waals surface area contributed by atoms with Gasteiger partial charge in [0.25, 0.3) is 0 Å². The van der Waals surface area contributed by atoms with Gasteiger partial charge in [0, 0.05) is 6.54 Å². The van der Waals surface area contributed by atoms with Crippen molar-refractivity contribution in [1.29, 1.82) is 0 Å². The van der Waals surface area contributed by atoms with E-state index in [1.165, 1.54) is 0 Å². The van der Waals surface area contributed by atoms with Crippen molar-refractivity contribution >= 4 is 22.4 Å². The monoisotopic (exact) mass is 310 g/mol. The fourth-order valence-electron chi connectivity index (χ4n) is 2.07. The average molecular weight is 310 g/mol. The van der Waals surface area contributed by atoms with E-state index >= 15 is 0 Å². The van der Waals surface area contributed by atoms with E-state index in [1.54, 1.807) is 0 Å². The summed E-state index contributed by atoms with van der Waals surface area (Å²) in [6.45, 7) is 0.00694. The van der Waals surface area contributed by atoms with Crippen LogP contribution in [0.4, 0.5) is 4.79 Å². The smallest absolute Gasteiger partial charge is 0.724 e. The van der Waals surface area contributed by atoms with E-state index in [0.717, 1.165) is 4.90 Å². The Kier molecular flexibility index (Phi) is 7.28. The number of fused-ring (bicyclic) bond motifs is 2. The molecule has 0 aliphatic carbocycles. The van der Waals surface area contributed by atoms with Gasteiger partial charge in [-0.1, -0.05) is 0 Å². The maximum atomic E-state index is 11.6. The first-order valence-electron chi connectivity index (χ1n) is 4.75. The Morgan fingerprint density at radius 2 is 1.89 bits per heavy atom. The van der Waals surface area contributed by atoms with Crippen LogP contribution in [0.15, 0.2) is 0 Å². The van der Waals surface area contributed by atoms with Crippen molar-refractivity contribution in [2.75, 3.05) is 6.54 Å². The summed E-state index contributed by atoms with van der Waals surface area (Å²) < 4.78 is 35.3.